The van der Waals surface area contributed by atoms with Crippen molar-refractivity contribution in [1.29, 1.82) is 0 Å². The van der Waals surface area contributed by atoms with Crippen LogP contribution in [-0.2, 0) is 4.74 Å². The zero-order chi connectivity index (χ0) is 14.5. The Hall–Kier alpha value is -1.21. The Kier molecular flexibility index (Phi) is 5.68. The molecule has 0 spiro atoms. The van der Waals surface area contributed by atoms with Crippen molar-refractivity contribution in [3.05, 3.63) is 35.4 Å². The first-order chi connectivity index (χ1) is 8.78. The maximum absolute atomic E-state index is 12.9. The summed E-state index contributed by atoms with van der Waals surface area (Å²) in [4.78, 5) is 0. The molecule has 0 saturated heterocycles. The lowest BCUT2D eigenvalue weighted by atomic mass is 10.1. The highest BCUT2D eigenvalue weighted by Gasteiger charge is 2.27. The molecule has 2 nitrogen and oxygen atoms in total. The summed E-state index contributed by atoms with van der Waals surface area (Å²) in [6.45, 7) is 0.354. The van der Waals surface area contributed by atoms with Gasteiger partial charge in [0.15, 0.2) is 0 Å². The van der Waals surface area contributed by atoms with Crippen molar-refractivity contribution in [3.8, 4) is 0 Å². The lowest BCUT2D eigenvalue weighted by Gasteiger charge is -2.15. The maximum atomic E-state index is 12.9. The second-order valence-electron chi connectivity index (χ2n) is 4.05. The van der Waals surface area contributed by atoms with Crippen LogP contribution in [-0.4, -0.2) is 25.9 Å². The van der Waals surface area contributed by atoms with Gasteiger partial charge >= 0.3 is 6.18 Å². The smallest absolute Gasteiger partial charge is 0.371 e. The highest BCUT2D eigenvalue weighted by atomic mass is 19.4. The van der Waals surface area contributed by atoms with E-state index in [1.54, 1.807) is 6.92 Å². The number of nitrogens with one attached hydrogen (secondary N) is 1. The van der Waals surface area contributed by atoms with Gasteiger partial charge < -0.3 is 10.1 Å². The van der Waals surface area contributed by atoms with Crippen molar-refractivity contribution in [2.24, 2.45) is 0 Å². The van der Waals surface area contributed by atoms with E-state index < -0.39 is 24.4 Å². The number of alkyl halides is 3. The quantitative estimate of drug-likeness (QED) is 0.639. The Balaban J connectivity index is 2.33. The largest absolute Gasteiger partial charge is 0.411 e. The monoisotopic (exact) mass is 283 g/mol. The fourth-order valence-corrected chi connectivity index (χ4v) is 1.48. The minimum absolute atomic E-state index is 0.137. The Morgan fingerprint density at radius 3 is 2.26 bits per heavy atom. The van der Waals surface area contributed by atoms with E-state index in [0.29, 0.717) is 5.56 Å². The summed E-state index contributed by atoms with van der Waals surface area (Å²) in [6, 6.07) is 2.69. The van der Waals surface area contributed by atoms with Gasteiger partial charge in [0.1, 0.15) is 18.2 Å². The predicted octanol–water partition coefficient (Wildman–Crippen LogP) is 3.19. The van der Waals surface area contributed by atoms with E-state index in [2.05, 4.69) is 10.1 Å². The zero-order valence-electron chi connectivity index (χ0n) is 10.2. The Bertz CT molecular complexity index is 387. The summed E-state index contributed by atoms with van der Waals surface area (Å²) < 4.78 is 65.6. The van der Waals surface area contributed by atoms with Crippen LogP contribution in [0.25, 0.3) is 0 Å². The molecule has 0 bridgehead atoms. The molecule has 0 heterocycles. The number of hydrogen-bond acceptors (Lipinski definition) is 2. The van der Waals surface area contributed by atoms with Gasteiger partial charge in [-0.1, -0.05) is 0 Å². The van der Waals surface area contributed by atoms with Gasteiger partial charge in [-0.25, -0.2) is 8.78 Å². The lowest BCUT2D eigenvalue weighted by Crippen LogP contribution is -2.26. The molecule has 19 heavy (non-hydrogen) atoms. The summed E-state index contributed by atoms with van der Waals surface area (Å²) in [7, 11) is 0. The second-order valence-corrected chi connectivity index (χ2v) is 4.05. The highest BCUT2D eigenvalue weighted by molar-refractivity contribution is 5.20. The van der Waals surface area contributed by atoms with Crippen LogP contribution in [0.15, 0.2) is 18.2 Å². The van der Waals surface area contributed by atoms with E-state index in [9.17, 15) is 22.0 Å². The minimum atomic E-state index is -4.35. The van der Waals surface area contributed by atoms with Crippen molar-refractivity contribution >= 4 is 0 Å². The van der Waals surface area contributed by atoms with Gasteiger partial charge in [0, 0.05) is 18.7 Å². The van der Waals surface area contributed by atoms with Crippen molar-refractivity contribution in [3.63, 3.8) is 0 Å². The molecule has 0 amide bonds. The van der Waals surface area contributed by atoms with Crippen LogP contribution in [0.5, 0.6) is 0 Å². The van der Waals surface area contributed by atoms with Gasteiger partial charge in [-0.3, -0.25) is 0 Å². The molecule has 7 heteroatoms. The fourth-order valence-electron chi connectivity index (χ4n) is 1.48. The average molecular weight is 283 g/mol. The topological polar surface area (TPSA) is 21.3 Å². The van der Waals surface area contributed by atoms with Gasteiger partial charge in [0.2, 0.25) is 0 Å². The molecule has 0 radical (unpaired) electrons. The predicted molar refractivity (Wildman–Crippen MR) is 59.6 cm³/mol. The lowest BCUT2D eigenvalue weighted by molar-refractivity contribution is -0.173. The van der Waals surface area contributed by atoms with Crippen LogP contribution >= 0.6 is 0 Å². The molecule has 0 aliphatic heterocycles. The van der Waals surface area contributed by atoms with Crippen LogP contribution in [0.4, 0.5) is 22.0 Å². The summed E-state index contributed by atoms with van der Waals surface area (Å²) in [5, 5.41) is 2.81. The van der Waals surface area contributed by atoms with Crippen molar-refractivity contribution < 1.29 is 26.7 Å². The SMILES string of the molecule is CC(NCCOCC(F)(F)F)c1cc(F)cc(F)c1. The van der Waals surface area contributed by atoms with Crippen LogP contribution in [0.1, 0.15) is 18.5 Å². The highest BCUT2D eigenvalue weighted by Crippen LogP contribution is 2.16. The molecule has 1 aromatic rings. The van der Waals surface area contributed by atoms with Gasteiger partial charge in [0.25, 0.3) is 0 Å². The van der Waals surface area contributed by atoms with E-state index in [0.717, 1.165) is 18.2 Å². The van der Waals surface area contributed by atoms with Gasteiger partial charge in [-0.2, -0.15) is 13.2 Å². The van der Waals surface area contributed by atoms with E-state index in [4.69, 9.17) is 0 Å². The number of halogens is 5. The third kappa shape index (κ3) is 6.49. The standard InChI is InChI=1S/C12H14F5NO/c1-8(9-4-10(13)6-11(14)5-9)18-2-3-19-7-12(15,16)17/h4-6,8,18H,2-3,7H2,1H3. The summed E-state index contributed by atoms with van der Waals surface area (Å²) in [5.74, 6) is -1.39. The first-order valence-electron chi connectivity index (χ1n) is 5.62. The second kappa shape index (κ2) is 6.81. The normalized spacial score (nSPS) is 13.6. The third-order valence-electron chi connectivity index (χ3n) is 2.35. The van der Waals surface area contributed by atoms with E-state index in [1.807, 2.05) is 0 Å². The molecule has 1 rings (SSSR count). The van der Waals surface area contributed by atoms with E-state index in [-0.39, 0.29) is 19.2 Å². The molecular formula is C12H14F5NO. The zero-order valence-corrected chi connectivity index (χ0v) is 10.2. The Labute approximate surface area is 107 Å². The maximum Gasteiger partial charge on any atom is 0.411 e. The van der Waals surface area contributed by atoms with Gasteiger partial charge in [-0.15, -0.1) is 0 Å². The number of benzene rings is 1. The third-order valence-corrected chi connectivity index (χ3v) is 2.35. The summed E-state index contributed by atoms with van der Waals surface area (Å²) in [5.41, 5.74) is 0.383. The first-order valence-corrected chi connectivity index (χ1v) is 5.62. The van der Waals surface area contributed by atoms with E-state index >= 15 is 0 Å². The number of hydrogen-bond donors (Lipinski definition) is 1. The summed E-state index contributed by atoms with van der Waals surface area (Å²) >= 11 is 0. The fraction of sp³-hybridized carbons (Fsp3) is 0.500. The molecule has 1 N–H and O–H groups in total. The molecule has 108 valence electrons. The Morgan fingerprint density at radius 1 is 1.16 bits per heavy atom. The molecule has 0 saturated carbocycles. The molecule has 0 aliphatic rings. The first kappa shape index (κ1) is 15.8. The van der Waals surface area contributed by atoms with Crippen molar-refractivity contribution in [2.45, 2.75) is 19.1 Å². The molecule has 0 aromatic heterocycles. The van der Waals surface area contributed by atoms with Crippen molar-refractivity contribution in [2.75, 3.05) is 19.8 Å². The molecule has 1 unspecified atom stereocenters. The van der Waals surface area contributed by atoms with Crippen molar-refractivity contribution in [1.82, 2.24) is 5.32 Å². The molecule has 0 fully saturated rings. The van der Waals surface area contributed by atoms with Crippen LogP contribution in [0.2, 0.25) is 0 Å². The molecular weight excluding hydrogens is 269 g/mol. The molecule has 1 aromatic carbocycles. The van der Waals surface area contributed by atoms with Gasteiger partial charge in [-0.05, 0) is 24.6 Å². The molecule has 1 atom stereocenters. The Morgan fingerprint density at radius 2 is 1.74 bits per heavy atom. The average Bonchev–Trinajstić information content (AvgIpc) is 2.25. The van der Waals surface area contributed by atoms with Gasteiger partial charge in [0.05, 0.1) is 6.61 Å². The van der Waals surface area contributed by atoms with E-state index in [1.165, 1.54) is 0 Å². The minimum Gasteiger partial charge on any atom is -0.371 e. The van der Waals surface area contributed by atoms with Crippen LogP contribution < -0.4 is 5.32 Å². The number of rotatable bonds is 6. The number of ether oxygens (including phenoxy) is 1. The molecule has 0 aliphatic carbocycles. The van der Waals surface area contributed by atoms with Crippen LogP contribution in [0, 0.1) is 11.6 Å². The van der Waals surface area contributed by atoms with Crippen LogP contribution in [0.3, 0.4) is 0 Å². The summed E-state index contributed by atoms with van der Waals surface area (Å²) in [6.07, 6.45) is -4.35.